The van der Waals surface area contributed by atoms with Gasteiger partial charge in [-0.05, 0) is 47.7 Å². The summed E-state index contributed by atoms with van der Waals surface area (Å²) >= 11 is 0. The fourth-order valence-electron chi connectivity index (χ4n) is 4.55. The minimum atomic E-state index is -0.328. The Balaban J connectivity index is 1.50. The molecule has 160 valence electrons. The van der Waals surface area contributed by atoms with Crippen molar-refractivity contribution < 1.29 is 14.4 Å². The first-order chi connectivity index (χ1) is 15.6. The zero-order chi connectivity index (χ0) is 22.1. The predicted molar refractivity (Wildman–Crippen MR) is 121 cm³/mol. The molecule has 5 rings (SSSR count). The van der Waals surface area contributed by atoms with Crippen LogP contribution < -0.4 is 10.6 Å². The van der Waals surface area contributed by atoms with Crippen molar-refractivity contribution in [3.63, 3.8) is 0 Å². The third-order valence-corrected chi connectivity index (χ3v) is 6.14. The summed E-state index contributed by atoms with van der Waals surface area (Å²) < 4.78 is 0. The van der Waals surface area contributed by atoms with Crippen molar-refractivity contribution in [2.24, 2.45) is 0 Å². The van der Waals surface area contributed by atoms with E-state index >= 15 is 0 Å². The maximum atomic E-state index is 13.7. The van der Waals surface area contributed by atoms with Gasteiger partial charge in [-0.15, -0.1) is 0 Å². The number of nitrogens with one attached hydrogen (secondary N) is 2. The number of amides is 3. The number of benzene rings is 3. The molecule has 3 amide bonds. The first-order valence-electron chi connectivity index (χ1n) is 10.7. The fraction of sp³-hybridized carbons (Fsp3) is 0.192. The van der Waals surface area contributed by atoms with Crippen LogP contribution in [0.2, 0.25) is 0 Å². The quantitative estimate of drug-likeness (QED) is 0.676. The number of rotatable bonds is 3. The normalized spacial score (nSPS) is 17.5. The average Bonchev–Trinajstić information content (AvgIpc) is 2.97. The highest BCUT2D eigenvalue weighted by Gasteiger charge is 2.32. The maximum Gasteiger partial charge on any atom is 0.254 e. The van der Waals surface area contributed by atoms with Gasteiger partial charge in [-0.1, -0.05) is 54.6 Å². The summed E-state index contributed by atoms with van der Waals surface area (Å²) in [5, 5.41) is 5.29. The van der Waals surface area contributed by atoms with Crippen LogP contribution in [-0.4, -0.2) is 35.7 Å². The predicted octanol–water partition coefficient (Wildman–Crippen LogP) is 3.35. The molecule has 0 radical (unpaired) electrons. The second-order valence-electron chi connectivity index (χ2n) is 8.14. The van der Waals surface area contributed by atoms with E-state index in [2.05, 4.69) is 34.9 Å². The summed E-state index contributed by atoms with van der Waals surface area (Å²) in [5.41, 5.74) is 4.78. The number of nitrogens with zero attached hydrogens (tertiary/aromatic N) is 1. The molecule has 6 nitrogen and oxygen atoms in total. The number of hydrogen-bond donors (Lipinski definition) is 2. The van der Waals surface area contributed by atoms with Crippen LogP contribution >= 0.6 is 0 Å². The lowest BCUT2D eigenvalue weighted by molar-refractivity contribution is -0.115. The van der Waals surface area contributed by atoms with E-state index in [9.17, 15) is 14.4 Å². The molecule has 0 aliphatic carbocycles. The van der Waals surface area contributed by atoms with Crippen molar-refractivity contribution >= 4 is 23.4 Å². The first kappa shape index (κ1) is 20.0. The summed E-state index contributed by atoms with van der Waals surface area (Å²) in [5.74, 6) is -0.746. The molecule has 6 heteroatoms. The van der Waals surface area contributed by atoms with Gasteiger partial charge in [0.15, 0.2) is 0 Å². The minimum Gasteiger partial charge on any atom is -0.343 e. The maximum absolute atomic E-state index is 13.7. The SMILES string of the molecule is O=C1CNC(=O)c2ccc(C(=O)N3CCc4ccccc4C3Cc3ccccc3)cc2N1. The van der Waals surface area contributed by atoms with Crippen LogP contribution in [0.4, 0.5) is 5.69 Å². The Kier molecular flexibility index (Phi) is 5.19. The van der Waals surface area contributed by atoms with E-state index in [1.54, 1.807) is 18.2 Å². The summed E-state index contributed by atoms with van der Waals surface area (Å²) in [6.07, 6.45) is 1.50. The molecule has 1 unspecified atom stereocenters. The molecule has 3 aromatic rings. The molecule has 2 aliphatic heterocycles. The highest BCUT2D eigenvalue weighted by atomic mass is 16.2. The van der Waals surface area contributed by atoms with E-state index < -0.39 is 0 Å². The zero-order valence-electron chi connectivity index (χ0n) is 17.5. The summed E-state index contributed by atoms with van der Waals surface area (Å²) in [7, 11) is 0. The van der Waals surface area contributed by atoms with Crippen LogP contribution in [-0.2, 0) is 17.6 Å². The highest BCUT2D eigenvalue weighted by molar-refractivity contribution is 6.10. The highest BCUT2D eigenvalue weighted by Crippen LogP contribution is 2.34. The van der Waals surface area contributed by atoms with Crippen molar-refractivity contribution in [2.45, 2.75) is 18.9 Å². The second kappa shape index (κ2) is 8.30. The number of carbonyl (C=O) groups excluding carboxylic acids is 3. The molecule has 1 atom stereocenters. The lowest BCUT2D eigenvalue weighted by atomic mass is 9.88. The Labute approximate surface area is 186 Å². The van der Waals surface area contributed by atoms with Gasteiger partial charge in [0.25, 0.3) is 11.8 Å². The largest absolute Gasteiger partial charge is 0.343 e. The van der Waals surface area contributed by atoms with E-state index in [4.69, 9.17) is 0 Å². The molecule has 0 fully saturated rings. The van der Waals surface area contributed by atoms with Crippen LogP contribution in [0, 0.1) is 0 Å². The van der Waals surface area contributed by atoms with E-state index in [0.717, 1.165) is 12.0 Å². The molecule has 32 heavy (non-hydrogen) atoms. The summed E-state index contributed by atoms with van der Waals surface area (Å²) in [6.45, 7) is 0.524. The van der Waals surface area contributed by atoms with Gasteiger partial charge in [-0.25, -0.2) is 0 Å². The van der Waals surface area contributed by atoms with Crippen LogP contribution in [0.15, 0.2) is 72.8 Å². The first-order valence-corrected chi connectivity index (χ1v) is 10.7. The number of fused-ring (bicyclic) bond motifs is 2. The molecule has 0 bridgehead atoms. The minimum absolute atomic E-state index is 0.0845. The number of hydrogen-bond acceptors (Lipinski definition) is 3. The third-order valence-electron chi connectivity index (χ3n) is 6.14. The molecule has 3 aromatic carbocycles. The van der Waals surface area contributed by atoms with E-state index in [0.29, 0.717) is 29.8 Å². The van der Waals surface area contributed by atoms with Crippen molar-refractivity contribution in [3.05, 3.63) is 101 Å². The van der Waals surface area contributed by atoms with Crippen LogP contribution in [0.25, 0.3) is 0 Å². The Bertz CT molecular complexity index is 1210. The fourth-order valence-corrected chi connectivity index (χ4v) is 4.55. The van der Waals surface area contributed by atoms with Crippen molar-refractivity contribution in [1.29, 1.82) is 0 Å². The third kappa shape index (κ3) is 3.75. The molecule has 0 saturated heterocycles. The molecule has 0 spiro atoms. The van der Waals surface area contributed by atoms with Crippen LogP contribution in [0.1, 0.15) is 43.4 Å². The van der Waals surface area contributed by atoms with Gasteiger partial charge >= 0.3 is 0 Å². The zero-order valence-corrected chi connectivity index (χ0v) is 17.5. The van der Waals surface area contributed by atoms with E-state index in [1.807, 2.05) is 35.2 Å². The summed E-state index contributed by atoms with van der Waals surface area (Å²) in [4.78, 5) is 39.7. The molecule has 0 saturated carbocycles. The molecule has 2 N–H and O–H groups in total. The molecular formula is C26H23N3O3. The molecular weight excluding hydrogens is 402 g/mol. The summed E-state index contributed by atoms with van der Waals surface area (Å²) in [6, 6.07) is 23.2. The molecule has 0 aromatic heterocycles. The smallest absolute Gasteiger partial charge is 0.254 e. The Hall–Kier alpha value is -3.93. The van der Waals surface area contributed by atoms with Crippen LogP contribution in [0.3, 0.4) is 0 Å². The van der Waals surface area contributed by atoms with Gasteiger partial charge in [-0.2, -0.15) is 0 Å². The average molecular weight is 425 g/mol. The van der Waals surface area contributed by atoms with Crippen molar-refractivity contribution in [3.8, 4) is 0 Å². The van der Waals surface area contributed by atoms with Gasteiger partial charge in [0, 0.05) is 12.1 Å². The van der Waals surface area contributed by atoms with Crippen molar-refractivity contribution in [2.75, 3.05) is 18.4 Å². The number of anilines is 1. The van der Waals surface area contributed by atoms with Gasteiger partial charge in [0.2, 0.25) is 5.91 Å². The van der Waals surface area contributed by atoms with Gasteiger partial charge in [-0.3, -0.25) is 14.4 Å². The molecule has 2 aliphatic rings. The monoisotopic (exact) mass is 425 g/mol. The Morgan fingerprint density at radius 1 is 0.969 bits per heavy atom. The topological polar surface area (TPSA) is 78.5 Å². The van der Waals surface area contributed by atoms with Gasteiger partial charge in [0.1, 0.15) is 0 Å². The molecule has 2 heterocycles. The second-order valence-corrected chi connectivity index (χ2v) is 8.14. The standard InChI is InChI=1S/C26H23N3O3/c30-24-16-27-25(31)21-11-10-19(15-22(21)28-24)26(32)29-13-12-18-8-4-5-9-20(18)23(29)14-17-6-2-1-3-7-17/h1-11,15,23H,12-14,16H2,(H,27,31)(H,28,30). The Morgan fingerprint density at radius 2 is 1.75 bits per heavy atom. The lowest BCUT2D eigenvalue weighted by Gasteiger charge is -2.38. The number of carbonyl (C=O) groups is 3. The van der Waals surface area contributed by atoms with E-state index in [1.165, 1.54) is 11.1 Å². The van der Waals surface area contributed by atoms with Crippen molar-refractivity contribution in [1.82, 2.24) is 10.2 Å². The van der Waals surface area contributed by atoms with Gasteiger partial charge in [0.05, 0.1) is 23.8 Å². The Morgan fingerprint density at radius 3 is 2.59 bits per heavy atom. The van der Waals surface area contributed by atoms with Crippen LogP contribution in [0.5, 0.6) is 0 Å². The lowest BCUT2D eigenvalue weighted by Crippen LogP contribution is -2.41. The van der Waals surface area contributed by atoms with E-state index in [-0.39, 0.29) is 30.3 Å². The van der Waals surface area contributed by atoms with Gasteiger partial charge < -0.3 is 15.5 Å².